The molecule has 0 saturated heterocycles. The van der Waals surface area contributed by atoms with E-state index in [4.69, 9.17) is 20.7 Å². The number of carboxylic acids is 2. The molecule has 0 spiro atoms. The Labute approximate surface area is 102 Å². The summed E-state index contributed by atoms with van der Waals surface area (Å²) < 4.78 is 31.7. The third-order valence-electron chi connectivity index (χ3n) is 2.00. The minimum Gasteiger partial charge on any atom is -0.478 e. The molecule has 0 radical (unpaired) electrons. The van der Waals surface area contributed by atoms with Crippen LogP contribution in [0.3, 0.4) is 0 Å². The van der Waals surface area contributed by atoms with E-state index in [0.717, 1.165) is 12.5 Å². The van der Waals surface area contributed by atoms with Crippen molar-refractivity contribution < 1.29 is 33.0 Å². The van der Waals surface area contributed by atoms with Crippen LogP contribution in [0.5, 0.6) is 0 Å². The third-order valence-corrected chi connectivity index (χ3v) is 2.00. The van der Waals surface area contributed by atoms with Gasteiger partial charge in [-0.05, 0) is 5.92 Å². The van der Waals surface area contributed by atoms with E-state index in [9.17, 15) is 18.0 Å². The van der Waals surface area contributed by atoms with E-state index < -0.39 is 18.1 Å². The summed E-state index contributed by atoms with van der Waals surface area (Å²) in [6, 6.07) is -0.143. The van der Waals surface area contributed by atoms with Crippen molar-refractivity contribution >= 4 is 11.9 Å². The first-order chi connectivity index (χ1) is 8.02. The first-order valence-electron chi connectivity index (χ1n) is 4.99. The van der Waals surface area contributed by atoms with E-state index in [-0.39, 0.29) is 6.04 Å². The maximum absolute atomic E-state index is 10.6. The van der Waals surface area contributed by atoms with E-state index >= 15 is 0 Å². The number of nitrogens with two attached hydrogens (primary N) is 1. The molecule has 0 saturated carbocycles. The number of halogens is 3. The molecule has 0 aromatic carbocycles. The van der Waals surface area contributed by atoms with Gasteiger partial charge in [0.1, 0.15) is 0 Å². The fraction of sp³-hybridized carbons (Fsp3) is 0.600. The molecule has 0 fully saturated rings. The normalized spacial score (nSPS) is 14.6. The molecule has 0 rings (SSSR count). The van der Waals surface area contributed by atoms with Gasteiger partial charge in [-0.25, -0.2) is 9.59 Å². The Hall–Kier alpha value is -1.57. The summed E-state index contributed by atoms with van der Waals surface area (Å²) in [5.41, 5.74) is 5.63. The van der Waals surface area contributed by atoms with Crippen LogP contribution in [0.15, 0.2) is 12.2 Å². The van der Waals surface area contributed by atoms with Crippen LogP contribution >= 0.6 is 0 Å². The minimum atomic E-state index is -5.08. The lowest BCUT2D eigenvalue weighted by Gasteiger charge is -2.12. The van der Waals surface area contributed by atoms with Gasteiger partial charge in [0, 0.05) is 12.1 Å². The first kappa shape index (κ1) is 18.8. The smallest absolute Gasteiger partial charge is 0.478 e. The number of alkyl halides is 3. The zero-order chi connectivity index (χ0) is 14.9. The highest BCUT2D eigenvalue weighted by Gasteiger charge is 2.38. The predicted molar refractivity (Wildman–Crippen MR) is 57.9 cm³/mol. The molecule has 0 bridgehead atoms. The number of carboxylic acid groups (broad SMARTS) is 2. The van der Waals surface area contributed by atoms with Crippen molar-refractivity contribution in [1.82, 2.24) is 0 Å². The van der Waals surface area contributed by atoms with Gasteiger partial charge in [-0.1, -0.05) is 26.3 Å². The highest BCUT2D eigenvalue weighted by atomic mass is 19.4. The van der Waals surface area contributed by atoms with Gasteiger partial charge >= 0.3 is 18.1 Å². The number of aliphatic carboxylic acids is 2. The second-order valence-electron chi connectivity index (χ2n) is 3.46. The van der Waals surface area contributed by atoms with Crippen LogP contribution < -0.4 is 5.73 Å². The van der Waals surface area contributed by atoms with Gasteiger partial charge in [-0.15, -0.1) is 0 Å². The average molecular weight is 271 g/mol. The van der Waals surface area contributed by atoms with Gasteiger partial charge in [-0.3, -0.25) is 0 Å². The highest BCUT2D eigenvalue weighted by Crippen LogP contribution is 2.13. The standard InChI is InChI=1S/C8H15NO2.C2HF3O2/c1-3-6(2)7(9)4-5-8(10)11;3-2(4,5)1(6)7/h4-7H,3,9H2,1-2H3,(H,10,11);(H,6,7)/t6-,7+;/m0./s1. The Balaban J connectivity index is 0. The molecule has 0 aromatic rings. The predicted octanol–water partition coefficient (Wildman–Crippen LogP) is 1.63. The van der Waals surface area contributed by atoms with Crippen molar-refractivity contribution in [2.24, 2.45) is 11.7 Å². The van der Waals surface area contributed by atoms with Crippen molar-refractivity contribution in [1.29, 1.82) is 0 Å². The van der Waals surface area contributed by atoms with Crippen LogP contribution in [0.2, 0.25) is 0 Å². The van der Waals surface area contributed by atoms with Crippen LogP contribution in [0, 0.1) is 5.92 Å². The van der Waals surface area contributed by atoms with E-state index in [2.05, 4.69) is 0 Å². The second-order valence-corrected chi connectivity index (χ2v) is 3.46. The fourth-order valence-electron chi connectivity index (χ4n) is 0.655. The van der Waals surface area contributed by atoms with Crippen molar-refractivity contribution in [3.63, 3.8) is 0 Å². The molecule has 0 aliphatic carbocycles. The quantitative estimate of drug-likeness (QED) is 0.675. The molecule has 0 amide bonds. The molecule has 0 unspecified atom stereocenters. The molecule has 4 N–H and O–H groups in total. The molecular formula is C10H16F3NO4. The minimum absolute atomic E-state index is 0.143. The van der Waals surface area contributed by atoms with Crippen LogP contribution in [0.25, 0.3) is 0 Å². The molecule has 0 aliphatic heterocycles. The van der Waals surface area contributed by atoms with E-state index in [0.29, 0.717) is 5.92 Å². The highest BCUT2D eigenvalue weighted by molar-refractivity contribution is 5.79. The van der Waals surface area contributed by atoms with Gasteiger partial charge in [0.15, 0.2) is 0 Å². The average Bonchev–Trinajstić information content (AvgIpc) is 2.24. The largest absolute Gasteiger partial charge is 0.490 e. The van der Waals surface area contributed by atoms with Crippen LogP contribution in [-0.4, -0.2) is 34.4 Å². The Bertz CT molecular complexity index is 302. The fourth-order valence-corrected chi connectivity index (χ4v) is 0.655. The Morgan fingerprint density at radius 1 is 1.33 bits per heavy atom. The number of carbonyl (C=O) groups is 2. The zero-order valence-electron chi connectivity index (χ0n) is 9.94. The summed E-state index contributed by atoms with van der Waals surface area (Å²) in [4.78, 5) is 19.0. The summed E-state index contributed by atoms with van der Waals surface area (Å²) in [5, 5.41) is 15.4. The van der Waals surface area contributed by atoms with Gasteiger partial charge in [0.05, 0.1) is 0 Å². The molecule has 18 heavy (non-hydrogen) atoms. The summed E-state index contributed by atoms with van der Waals surface area (Å²) in [6.45, 7) is 4.02. The molecule has 0 aliphatic rings. The number of rotatable bonds is 4. The van der Waals surface area contributed by atoms with Crippen molar-refractivity contribution in [3.8, 4) is 0 Å². The maximum Gasteiger partial charge on any atom is 0.490 e. The SMILES string of the molecule is CC[C@H](C)[C@H](N)C=CC(=O)O.O=C(O)C(F)(F)F. The van der Waals surface area contributed by atoms with E-state index in [1.807, 2.05) is 13.8 Å². The van der Waals surface area contributed by atoms with Crippen molar-refractivity contribution in [3.05, 3.63) is 12.2 Å². The lowest BCUT2D eigenvalue weighted by Crippen LogP contribution is -2.25. The molecule has 8 heteroatoms. The van der Waals surface area contributed by atoms with E-state index in [1.165, 1.54) is 6.08 Å². The molecule has 106 valence electrons. The monoisotopic (exact) mass is 271 g/mol. The number of hydrogen-bond donors (Lipinski definition) is 3. The molecule has 5 nitrogen and oxygen atoms in total. The maximum atomic E-state index is 10.6. The Morgan fingerprint density at radius 2 is 1.72 bits per heavy atom. The molecular weight excluding hydrogens is 255 g/mol. The van der Waals surface area contributed by atoms with Crippen LogP contribution in [-0.2, 0) is 9.59 Å². The Kier molecular flexibility index (Phi) is 8.88. The number of hydrogen-bond acceptors (Lipinski definition) is 3. The summed E-state index contributed by atoms with van der Waals surface area (Å²) in [7, 11) is 0. The topological polar surface area (TPSA) is 101 Å². The van der Waals surface area contributed by atoms with Gasteiger partial charge in [0.25, 0.3) is 0 Å². The molecule has 0 heterocycles. The molecule has 0 aromatic heterocycles. The lowest BCUT2D eigenvalue weighted by atomic mass is 10.00. The van der Waals surface area contributed by atoms with Gasteiger partial charge in [-0.2, -0.15) is 13.2 Å². The van der Waals surface area contributed by atoms with E-state index in [1.54, 1.807) is 0 Å². The van der Waals surface area contributed by atoms with Gasteiger partial charge < -0.3 is 15.9 Å². The first-order valence-corrected chi connectivity index (χ1v) is 4.99. The lowest BCUT2D eigenvalue weighted by molar-refractivity contribution is -0.192. The third kappa shape index (κ3) is 10.9. The summed E-state index contributed by atoms with van der Waals surface area (Å²) in [5.74, 6) is -3.36. The molecule has 2 atom stereocenters. The Morgan fingerprint density at radius 3 is 1.94 bits per heavy atom. The van der Waals surface area contributed by atoms with Crippen LogP contribution in [0.4, 0.5) is 13.2 Å². The summed E-state index contributed by atoms with van der Waals surface area (Å²) >= 11 is 0. The zero-order valence-corrected chi connectivity index (χ0v) is 9.94. The van der Waals surface area contributed by atoms with Gasteiger partial charge in [0.2, 0.25) is 0 Å². The van der Waals surface area contributed by atoms with Crippen molar-refractivity contribution in [2.75, 3.05) is 0 Å². The summed E-state index contributed by atoms with van der Waals surface area (Å²) in [6.07, 6.45) is -1.50. The van der Waals surface area contributed by atoms with Crippen LogP contribution in [0.1, 0.15) is 20.3 Å². The second kappa shape index (κ2) is 8.51. The van der Waals surface area contributed by atoms with Crippen molar-refractivity contribution in [2.45, 2.75) is 32.5 Å².